The Morgan fingerprint density at radius 1 is 1.21 bits per heavy atom. The Balaban J connectivity index is 1.47. The van der Waals surface area contributed by atoms with Gasteiger partial charge in [-0.2, -0.15) is 0 Å². The summed E-state index contributed by atoms with van der Waals surface area (Å²) in [5.41, 5.74) is 2.86. The number of likely N-dealkylation sites (tertiary alicyclic amines) is 1. The number of anilines is 1. The van der Waals surface area contributed by atoms with Crippen molar-refractivity contribution in [2.24, 2.45) is 11.8 Å². The molecular formula is C20H30N2O2. The molecule has 1 atom stereocenters. The highest BCUT2D eigenvalue weighted by Crippen LogP contribution is 2.30. The number of fused-ring (bicyclic) bond motifs is 1. The molecule has 3 rings (SSSR count). The molecule has 0 spiro atoms. The highest BCUT2D eigenvalue weighted by Gasteiger charge is 2.27. The molecule has 1 amide bonds. The number of carbonyl (C=O) groups is 1. The first-order chi connectivity index (χ1) is 11.5. The molecule has 0 bridgehead atoms. The maximum absolute atomic E-state index is 12.3. The van der Waals surface area contributed by atoms with Crippen LogP contribution >= 0.6 is 0 Å². The quantitative estimate of drug-likeness (QED) is 0.903. The number of piperidine rings is 1. The van der Waals surface area contributed by atoms with Crippen LogP contribution in [0.1, 0.15) is 38.7 Å². The van der Waals surface area contributed by atoms with Gasteiger partial charge >= 0.3 is 0 Å². The first kappa shape index (κ1) is 17.3. The SMILES string of the molecule is CC(C)C(O)CC(=O)N1CCC(CN2CCc3ccccc32)CC1. The summed E-state index contributed by atoms with van der Waals surface area (Å²) in [6.45, 7) is 7.82. The van der Waals surface area contributed by atoms with Gasteiger partial charge in [0.25, 0.3) is 0 Å². The van der Waals surface area contributed by atoms with E-state index in [1.165, 1.54) is 11.3 Å². The fourth-order valence-corrected chi connectivity index (χ4v) is 3.82. The zero-order chi connectivity index (χ0) is 17.1. The van der Waals surface area contributed by atoms with Gasteiger partial charge in [0, 0.05) is 31.9 Å². The number of aliphatic hydroxyl groups excluding tert-OH is 1. The second-order valence-corrected chi connectivity index (χ2v) is 7.66. The Kier molecular flexibility index (Phi) is 5.44. The maximum Gasteiger partial charge on any atom is 0.225 e. The summed E-state index contributed by atoms with van der Waals surface area (Å²) in [5, 5.41) is 9.91. The maximum atomic E-state index is 12.3. The van der Waals surface area contributed by atoms with Gasteiger partial charge in [-0.3, -0.25) is 4.79 Å². The van der Waals surface area contributed by atoms with Gasteiger partial charge in [0.05, 0.1) is 12.5 Å². The Labute approximate surface area is 145 Å². The predicted molar refractivity (Wildman–Crippen MR) is 97.1 cm³/mol. The van der Waals surface area contributed by atoms with Gasteiger partial charge in [0.1, 0.15) is 0 Å². The molecule has 24 heavy (non-hydrogen) atoms. The van der Waals surface area contributed by atoms with Gasteiger partial charge in [0.2, 0.25) is 5.91 Å². The minimum Gasteiger partial charge on any atom is -0.392 e. The lowest BCUT2D eigenvalue weighted by atomic mass is 9.95. The van der Waals surface area contributed by atoms with Crippen LogP contribution in [0.5, 0.6) is 0 Å². The molecule has 4 heteroatoms. The van der Waals surface area contributed by atoms with Gasteiger partial charge in [0.15, 0.2) is 0 Å². The van der Waals surface area contributed by atoms with E-state index < -0.39 is 6.10 Å². The van der Waals surface area contributed by atoms with E-state index in [0.717, 1.165) is 45.4 Å². The molecule has 1 aromatic rings. The Morgan fingerprint density at radius 2 is 1.92 bits per heavy atom. The van der Waals surface area contributed by atoms with Crippen LogP contribution < -0.4 is 4.90 Å². The van der Waals surface area contributed by atoms with E-state index in [4.69, 9.17) is 0 Å². The molecular weight excluding hydrogens is 300 g/mol. The van der Waals surface area contributed by atoms with Crippen LogP contribution in [0.2, 0.25) is 0 Å². The van der Waals surface area contributed by atoms with E-state index in [0.29, 0.717) is 5.92 Å². The van der Waals surface area contributed by atoms with Crippen LogP contribution in [0.4, 0.5) is 5.69 Å². The standard InChI is InChI=1S/C20H30N2O2/c1-15(2)19(23)13-20(24)21-10-7-16(8-11-21)14-22-12-9-17-5-3-4-6-18(17)22/h3-6,15-16,19,23H,7-14H2,1-2H3. The van der Waals surface area contributed by atoms with E-state index >= 15 is 0 Å². The van der Waals surface area contributed by atoms with Gasteiger partial charge in [-0.15, -0.1) is 0 Å². The molecule has 0 aromatic heterocycles. The van der Waals surface area contributed by atoms with Gasteiger partial charge in [-0.1, -0.05) is 32.0 Å². The molecule has 0 saturated carbocycles. The summed E-state index contributed by atoms with van der Waals surface area (Å²) in [4.78, 5) is 16.7. The number of carbonyl (C=O) groups excluding carboxylic acids is 1. The lowest BCUT2D eigenvalue weighted by Crippen LogP contribution is -2.42. The Hall–Kier alpha value is -1.55. The molecule has 1 fully saturated rings. The number of hydrogen-bond acceptors (Lipinski definition) is 3. The van der Waals surface area contributed by atoms with Crippen molar-refractivity contribution < 1.29 is 9.90 Å². The van der Waals surface area contributed by atoms with E-state index in [1.807, 2.05) is 18.7 Å². The summed E-state index contributed by atoms with van der Waals surface area (Å²) in [5.74, 6) is 0.915. The largest absolute Gasteiger partial charge is 0.392 e. The number of nitrogens with zero attached hydrogens (tertiary/aromatic N) is 2. The summed E-state index contributed by atoms with van der Waals surface area (Å²) in [6.07, 6.45) is 3.04. The van der Waals surface area contributed by atoms with Crippen molar-refractivity contribution in [1.82, 2.24) is 4.90 Å². The number of para-hydroxylation sites is 1. The highest BCUT2D eigenvalue weighted by molar-refractivity contribution is 5.76. The van der Waals surface area contributed by atoms with Crippen molar-refractivity contribution in [1.29, 1.82) is 0 Å². The number of benzene rings is 1. The average Bonchev–Trinajstić information content (AvgIpc) is 2.98. The van der Waals surface area contributed by atoms with E-state index in [1.54, 1.807) is 0 Å². The van der Waals surface area contributed by atoms with E-state index in [-0.39, 0.29) is 18.2 Å². The van der Waals surface area contributed by atoms with Gasteiger partial charge in [-0.25, -0.2) is 0 Å². The first-order valence-electron chi connectivity index (χ1n) is 9.33. The fraction of sp³-hybridized carbons (Fsp3) is 0.650. The summed E-state index contributed by atoms with van der Waals surface area (Å²) in [6, 6.07) is 8.71. The molecule has 132 valence electrons. The van der Waals surface area contributed by atoms with Crippen molar-refractivity contribution >= 4 is 11.6 Å². The zero-order valence-electron chi connectivity index (χ0n) is 14.9. The minimum absolute atomic E-state index is 0.112. The monoisotopic (exact) mass is 330 g/mol. The Bertz CT molecular complexity index is 565. The fourth-order valence-electron chi connectivity index (χ4n) is 3.82. The van der Waals surface area contributed by atoms with Crippen LogP contribution in [-0.4, -0.2) is 48.2 Å². The zero-order valence-corrected chi connectivity index (χ0v) is 14.9. The number of aliphatic hydroxyl groups is 1. The van der Waals surface area contributed by atoms with Crippen molar-refractivity contribution in [2.75, 3.05) is 31.1 Å². The molecule has 1 unspecified atom stereocenters. The second kappa shape index (κ2) is 7.56. The van der Waals surface area contributed by atoms with Gasteiger partial charge < -0.3 is 14.9 Å². The first-order valence-corrected chi connectivity index (χ1v) is 9.33. The smallest absolute Gasteiger partial charge is 0.225 e. The molecule has 1 N–H and O–H groups in total. The number of amides is 1. The minimum atomic E-state index is -0.517. The molecule has 4 nitrogen and oxygen atoms in total. The molecule has 2 aliphatic rings. The molecule has 1 aromatic carbocycles. The third kappa shape index (κ3) is 3.92. The van der Waals surface area contributed by atoms with Gasteiger partial charge in [-0.05, 0) is 42.7 Å². The predicted octanol–water partition coefficient (Wildman–Crippen LogP) is 2.69. The summed E-state index contributed by atoms with van der Waals surface area (Å²) < 4.78 is 0. The Morgan fingerprint density at radius 3 is 2.62 bits per heavy atom. The van der Waals surface area contributed by atoms with Crippen molar-refractivity contribution in [3.8, 4) is 0 Å². The average molecular weight is 330 g/mol. The molecule has 0 aliphatic carbocycles. The molecule has 2 aliphatic heterocycles. The van der Waals surface area contributed by atoms with E-state index in [9.17, 15) is 9.90 Å². The van der Waals surface area contributed by atoms with E-state index in [2.05, 4.69) is 29.2 Å². The number of rotatable bonds is 5. The third-order valence-corrected chi connectivity index (χ3v) is 5.58. The van der Waals surface area contributed by atoms with Crippen molar-refractivity contribution in [3.63, 3.8) is 0 Å². The lowest BCUT2D eigenvalue weighted by Gasteiger charge is -2.35. The molecule has 0 radical (unpaired) electrons. The third-order valence-electron chi connectivity index (χ3n) is 5.58. The molecule has 1 saturated heterocycles. The lowest BCUT2D eigenvalue weighted by molar-refractivity contribution is -0.135. The topological polar surface area (TPSA) is 43.8 Å². The van der Waals surface area contributed by atoms with Crippen molar-refractivity contribution in [2.45, 2.75) is 45.6 Å². The normalized spacial score (nSPS) is 19.7. The van der Waals surface area contributed by atoms with Crippen LogP contribution in [-0.2, 0) is 11.2 Å². The van der Waals surface area contributed by atoms with Crippen LogP contribution in [0.25, 0.3) is 0 Å². The highest BCUT2D eigenvalue weighted by atomic mass is 16.3. The van der Waals surface area contributed by atoms with Crippen LogP contribution in [0.15, 0.2) is 24.3 Å². The van der Waals surface area contributed by atoms with Crippen LogP contribution in [0.3, 0.4) is 0 Å². The molecule has 2 heterocycles. The summed E-state index contributed by atoms with van der Waals surface area (Å²) in [7, 11) is 0. The van der Waals surface area contributed by atoms with Crippen LogP contribution in [0, 0.1) is 11.8 Å². The summed E-state index contributed by atoms with van der Waals surface area (Å²) >= 11 is 0. The second-order valence-electron chi connectivity index (χ2n) is 7.66. The van der Waals surface area contributed by atoms with Crippen molar-refractivity contribution in [3.05, 3.63) is 29.8 Å². The number of hydrogen-bond donors (Lipinski definition) is 1.